The predicted molar refractivity (Wildman–Crippen MR) is 85.7 cm³/mol. The Morgan fingerprint density at radius 3 is 2.74 bits per heavy atom. The molecule has 1 atom stereocenters. The lowest BCUT2D eigenvalue weighted by Crippen LogP contribution is -2.37. The zero-order valence-corrected chi connectivity index (χ0v) is 14.1. The second-order valence-corrected chi connectivity index (χ2v) is 6.91. The van der Waals surface area contributed by atoms with Gasteiger partial charge in [0.05, 0.1) is 11.5 Å². The molecule has 0 saturated carbocycles. The highest BCUT2D eigenvalue weighted by Gasteiger charge is 2.22. The lowest BCUT2D eigenvalue weighted by molar-refractivity contribution is 0.0491. The number of benzene rings is 1. The lowest BCUT2D eigenvalue weighted by Gasteiger charge is -2.11. The third kappa shape index (κ3) is 3.54. The van der Waals surface area contributed by atoms with Crippen LogP contribution in [0.3, 0.4) is 0 Å². The molecule has 7 nitrogen and oxygen atoms in total. The van der Waals surface area contributed by atoms with Crippen molar-refractivity contribution in [2.24, 2.45) is 5.73 Å². The molecule has 0 spiro atoms. The van der Waals surface area contributed by atoms with Gasteiger partial charge < -0.3 is 14.9 Å². The largest absolute Gasteiger partial charge is 0.460 e. The second kappa shape index (κ2) is 6.69. The summed E-state index contributed by atoms with van der Waals surface area (Å²) in [5.41, 5.74) is 6.41. The monoisotopic (exact) mass is 340 g/mol. The molecule has 0 aliphatic heterocycles. The molecule has 8 heteroatoms. The predicted octanol–water partition coefficient (Wildman–Crippen LogP) is 1.54. The van der Waals surface area contributed by atoms with Gasteiger partial charge in [0.2, 0.25) is 15.8 Å². The van der Waals surface area contributed by atoms with Crippen molar-refractivity contribution in [1.82, 2.24) is 4.72 Å². The first-order valence-electron chi connectivity index (χ1n) is 7.22. The number of esters is 1. The van der Waals surface area contributed by atoms with E-state index in [9.17, 15) is 13.2 Å². The zero-order valence-electron chi connectivity index (χ0n) is 13.3. The van der Waals surface area contributed by atoms with Crippen LogP contribution in [0, 0.1) is 6.92 Å². The van der Waals surface area contributed by atoms with Gasteiger partial charge in [0, 0.05) is 23.5 Å². The summed E-state index contributed by atoms with van der Waals surface area (Å²) in [6.07, 6.45) is 0. The first-order chi connectivity index (χ1) is 10.8. The normalized spacial score (nSPS) is 13.2. The molecule has 0 amide bonds. The van der Waals surface area contributed by atoms with Crippen LogP contribution in [-0.4, -0.2) is 33.6 Å². The number of nitrogens with two attached hydrogens (primary N) is 1. The average Bonchev–Trinajstić information content (AvgIpc) is 2.84. The molecule has 1 heterocycles. The fraction of sp³-hybridized carbons (Fsp3) is 0.400. The molecule has 1 aromatic heterocycles. The highest BCUT2D eigenvalue weighted by Crippen LogP contribution is 2.28. The molecule has 0 bridgehead atoms. The maximum atomic E-state index is 12.3. The minimum atomic E-state index is -3.69. The fourth-order valence-electron chi connectivity index (χ4n) is 2.14. The van der Waals surface area contributed by atoms with Gasteiger partial charge in [-0.2, -0.15) is 0 Å². The Morgan fingerprint density at radius 1 is 1.43 bits per heavy atom. The smallest absolute Gasteiger partial charge is 0.374 e. The van der Waals surface area contributed by atoms with Crippen molar-refractivity contribution in [3.05, 3.63) is 29.5 Å². The standard InChI is InChI=1S/C15H20N2O5S/c1-4-21-15(18)14-10(3)12-7-11(5-6-13(12)22-14)23(19,20)17-9(2)8-16/h5-7,9,17H,4,8,16H2,1-3H3/t9-/m0/s1. The van der Waals surface area contributed by atoms with Gasteiger partial charge in [-0.05, 0) is 39.0 Å². The van der Waals surface area contributed by atoms with Crippen molar-refractivity contribution in [2.45, 2.75) is 31.7 Å². The number of sulfonamides is 1. The van der Waals surface area contributed by atoms with Crippen LogP contribution in [0.15, 0.2) is 27.5 Å². The van der Waals surface area contributed by atoms with Crippen molar-refractivity contribution < 1.29 is 22.4 Å². The first-order valence-corrected chi connectivity index (χ1v) is 8.71. The van der Waals surface area contributed by atoms with Gasteiger partial charge in [-0.25, -0.2) is 17.9 Å². The van der Waals surface area contributed by atoms with Gasteiger partial charge in [-0.1, -0.05) is 0 Å². The van der Waals surface area contributed by atoms with Crippen molar-refractivity contribution in [3.8, 4) is 0 Å². The minimum absolute atomic E-state index is 0.0830. The summed E-state index contributed by atoms with van der Waals surface area (Å²) in [7, 11) is -3.69. The molecular formula is C15H20N2O5S. The summed E-state index contributed by atoms with van der Waals surface area (Å²) < 4.78 is 37.5. The summed E-state index contributed by atoms with van der Waals surface area (Å²) >= 11 is 0. The number of furan rings is 1. The van der Waals surface area contributed by atoms with Gasteiger partial charge in [-0.15, -0.1) is 0 Å². The fourth-order valence-corrected chi connectivity index (χ4v) is 3.42. The van der Waals surface area contributed by atoms with Crippen LogP contribution >= 0.6 is 0 Å². The number of nitrogens with one attached hydrogen (secondary N) is 1. The van der Waals surface area contributed by atoms with Crippen molar-refractivity contribution >= 4 is 27.0 Å². The van der Waals surface area contributed by atoms with Gasteiger partial charge >= 0.3 is 5.97 Å². The summed E-state index contributed by atoms with van der Waals surface area (Å²) in [5, 5.41) is 0.552. The molecule has 3 N–H and O–H groups in total. The van der Waals surface area contributed by atoms with Crippen LogP contribution in [0.1, 0.15) is 30.0 Å². The Morgan fingerprint density at radius 2 is 2.13 bits per heavy atom. The Labute approximate surface area is 134 Å². The zero-order chi connectivity index (χ0) is 17.2. The molecule has 23 heavy (non-hydrogen) atoms. The van der Waals surface area contributed by atoms with Crippen molar-refractivity contribution in [3.63, 3.8) is 0 Å². The molecule has 2 aromatic rings. The molecule has 0 saturated heterocycles. The Hall–Kier alpha value is -1.90. The van der Waals surface area contributed by atoms with Crippen LogP contribution in [0.25, 0.3) is 11.0 Å². The molecule has 0 unspecified atom stereocenters. The highest BCUT2D eigenvalue weighted by atomic mass is 32.2. The number of ether oxygens (including phenoxy) is 1. The second-order valence-electron chi connectivity index (χ2n) is 5.19. The number of fused-ring (bicyclic) bond motifs is 1. The maximum Gasteiger partial charge on any atom is 0.374 e. The van der Waals surface area contributed by atoms with E-state index >= 15 is 0 Å². The maximum absolute atomic E-state index is 12.3. The van der Waals surface area contributed by atoms with Crippen LogP contribution in [0.4, 0.5) is 0 Å². The van der Waals surface area contributed by atoms with E-state index in [1.54, 1.807) is 20.8 Å². The number of carbonyl (C=O) groups excluding carboxylic acids is 1. The molecule has 0 radical (unpaired) electrons. The van der Waals surface area contributed by atoms with E-state index in [4.69, 9.17) is 14.9 Å². The molecule has 0 fully saturated rings. The topological polar surface area (TPSA) is 112 Å². The lowest BCUT2D eigenvalue weighted by atomic mass is 10.1. The summed E-state index contributed by atoms with van der Waals surface area (Å²) in [6, 6.07) is 4.04. The molecular weight excluding hydrogens is 320 g/mol. The molecule has 1 aromatic carbocycles. The Balaban J connectivity index is 2.47. The summed E-state index contributed by atoms with van der Waals surface area (Å²) in [6.45, 7) is 5.49. The Kier molecular flexibility index (Phi) is 5.08. The highest BCUT2D eigenvalue weighted by molar-refractivity contribution is 7.89. The third-order valence-corrected chi connectivity index (χ3v) is 4.98. The SMILES string of the molecule is CCOC(=O)c1oc2ccc(S(=O)(=O)N[C@@H](C)CN)cc2c1C. The molecule has 0 aliphatic rings. The third-order valence-electron chi connectivity index (χ3n) is 3.39. The molecule has 2 rings (SSSR count). The number of carbonyl (C=O) groups is 1. The van der Waals surface area contributed by atoms with E-state index in [2.05, 4.69) is 4.72 Å². The Bertz CT molecular complexity index is 826. The van der Waals surface area contributed by atoms with E-state index in [0.717, 1.165) is 0 Å². The van der Waals surface area contributed by atoms with E-state index in [1.165, 1.54) is 18.2 Å². The van der Waals surface area contributed by atoms with Gasteiger partial charge in [0.1, 0.15) is 5.58 Å². The number of hydrogen-bond donors (Lipinski definition) is 2. The van der Waals surface area contributed by atoms with Crippen LogP contribution < -0.4 is 10.5 Å². The quantitative estimate of drug-likeness (QED) is 0.772. The van der Waals surface area contributed by atoms with Gasteiger partial charge in [0.25, 0.3) is 0 Å². The van der Waals surface area contributed by atoms with Crippen molar-refractivity contribution in [1.29, 1.82) is 0 Å². The molecule has 126 valence electrons. The number of rotatable bonds is 6. The van der Waals surface area contributed by atoms with Crippen molar-refractivity contribution in [2.75, 3.05) is 13.2 Å². The first kappa shape index (κ1) is 17.5. The minimum Gasteiger partial charge on any atom is -0.460 e. The van der Waals surface area contributed by atoms with E-state index in [1.807, 2.05) is 0 Å². The number of hydrogen-bond acceptors (Lipinski definition) is 6. The van der Waals surface area contributed by atoms with E-state index in [-0.39, 0.29) is 29.8 Å². The van der Waals surface area contributed by atoms with Crippen LogP contribution in [0.5, 0.6) is 0 Å². The number of aryl methyl sites for hydroxylation is 1. The summed E-state index contributed by atoms with van der Waals surface area (Å²) in [4.78, 5) is 11.9. The average molecular weight is 340 g/mol. The summed E-state index contributed by atoms with van der Waals surface area (Å²) in [5.74, 6) is -0.486. The van der Waals surface area contributed by atoms with E-state index < -0.39 is 16.0 Å². The van der Waals surface area contributed by atoms with E-state index in [0.29, 0.717) is 16.5 Å². The van der Waals surface area contributed by atoms with Crippen LogP contribution in [-0.2, 0) is 14.8 Å². The van der Waals surface area contributed by atoms with Gasteiger partial charge in [0.15, 0.2) is 0 Å². The van der Waals surface area contributed by atoms with Crippen LogP contribution in [0.2, 0.25) is 0 Å². The van der Waals surface area contributed by atoms with Gasteiger partial charge in [-0.3, -0.25) is 0 Å². The molecule has 0 aliphatic carbocycles.